The molecule has 116 valence electrons. The maximum Gasteiger partial charge on any atom is 0.433 e. The summed E-state index contributed by atoms with van der Waals surface area (Å²) >= 11 is 0. The molecule has 0 bridgehead atoms. The molecule has 0 aromatic carbocycles. The van der Waals surface area contributed by atoms with Crippen molar-refractivity contribution in [3.8, 4) is 0 Å². The molecule has 0 saturated carbocycles. The maximum atomic E-state index is 12.5. The second-order valence-corrected chi connectivity index (χ2v) is 5.23. The molecule has 0 aliphatic carbocycles. The van der Waals surface area contributed by atoms with Crippen LogP contribution in [0.15, 0.2) is 18.3 Å². The lowest BCUT2D eigenvalue weighted by Crippen LogP contribution is -2.48. The summed E-state index contributed by atoms with van der Waals surface area (Å²) in [6, 6.07) is 1.63. The lowest BCUT2D eigenvalue weighted by atomic mass is 9.97. The highest BCUT2D eigenvalue weighted by Crippen LogP contribution is 2.28. The van der Waals surface area contributed by atoms with Crippen molar-refractivity contribution in [2.24, 2.45) is 0 Å². The van der Waals surface area contributed by atoms with Crippen LogP contribution in [0.3, 0.4) is 0 Å². The summed E-state index contributed by atoms with van der Waals surface area (Å²) < 4.78 is 37.4. The highest BCUT2D eigenvalue weighted by Gasteiger charge is 2.34. The average Bonchev–Trinajstić information content (AvgIpc) is 2.45. The van der Waals surface area contributed by atoms with Gasteiger partial charge < -0.3 is 10.0 Å². The van der Waals surface area contributed by atoms with Gasteiger partial charge in [0.05, 0.1) is 17.7 Å². The minimum Gasteiger partial charge on any atom is -0.391 e. The van der Waals surface area contributed by atoms with Crippen molar-refractivity contribution in [2.45, 2.75) is 44.5 Å². The number of hydrogen-bond acceptors (Lipinski definition) is 3. The van der Waals surface area contributed by atoms with Gasteiger partial charge in [-0.05, 0) is 38.3 Å². The van der Waals surface area contributed by atoms with Gasteiger partial charge in [-0.3, -0.25) is 9.78 Å². The van der Waals surface area contributed by atoms with Gasteiger partial charge in [0.25, 0.3) is 5.91 Å². The fourth-order valence-corrected chi connectivity index (χ4v) is 2.56. The SMILES string of the molecule is CC(O)C1CCCCN1C(=O)c1ccc(C(F)(F)F)nc1. The van der Waals surface area contributed by atoms with E-state index in [0.717, 1.165) is 31.2 Å². The highest BCUT2D eigenvalue weighted by atomic mass is 19.4. The third-order valence-corrected chi connectivity index (χ3v) is 3.67. The van der Waals surface area contributed by atoms with E-state index >= 15 is 0 Å². The van der Waals surface area contributed by atoms with E-state index in [1.54, 1.807) is 6.92 Å². The van der Waals surface area contributed by atoms with Crippen molar-refractivity contribution in [2.75, 3.05) is 6.54 Å². The van der Waals surface area contributed by atoms with Crippen LogP contribution >= 0.6 is 0 Å². The molecule has 1 aromatic heterocycles. The van der Waals surface area contributed by atoms with Gasteiger partial charge in [-0.25, -0.2) is 0 Å². The third kappa shape index (κ3) is 3.53. The zero-order valence-electron chi connectivity index (χ0n) is 11.6. The van der Waals surface area contributed by atoms with E-state index in [9.17, 15) is 23.1 Å². The molecule has 0 radical (unpaired) electrons. The maximum absolute atomic E-state index is 12.5. The number of aromatic nitrogens is 1. The molecular weight excluding hydrogens is 285 g/mol. The van der Waals surface area contributed by atoms with E-state index in [4.69, 9.17) is 0 Å². The number of carbonyl (C=O) groups is 1. The minimum atomic E-state index is -4.52. The minimum absolute atomic E-state index is 0.107. The van der Waals surface area contributed by atoms with Crippen molar-refractivity contribution in [3.63, 3.8) is 0 Å². The van der Waals surface area contributed by atoms with Crippen LogP contribution in [0.4, 0.5) is 13.2 Å². The van der Waals surface area contributed by atoms with E-state index in [1.807, 2.05) is 0 Å². The summed E-state index contributed by atoms with van der Waals surface area (Å²) in [6.07, 6.45) is -1.81. The zero-order chi connectivity index (χ0) is 15.6. The summed E-state index contributed by atoms with van der Waals surface area (Å²) in [5.74, 6) is -0.387. The van der Waals surface area contributed by atoms with Crippen molar-refractivity contribution < 1.29 is 23.1 Å². The fraction of sp³-hybridized carbons (Fsp3) is 0.571. The third-order valence-electron chi connectivity index (χ3n) is 3.67. The topological polar surface area (TPSA) is 53.4 Å². The van der Waals surface area contributed by atoms with Crippen LogP contribution in [0.2, 0.25) is 0 Å². The number of aliphatic hydroxyl groups excluding tert-OH is 1. The summed E-state index contributed by atoms with van der Waals surface area (Å²) in [6.45, 7) is 2.11. The van der Waals surface area contributed by atoms with Crippen molar-refractivity contribution in [3.05, 3.63) is 29.6 Å². The Bertz CT molecular complexity index is 500. The first-order chi connectivity index (χ1) is 9.80. The van der Waals surface area contributed by atoms with Crippen LogP contribution in [0.5, 0.6) is 0 Å². The molecular formula is C14H17F3N2O2. The molecule has 1 saturated heterocycles. The zero-order valence-corrected chi connectivity index (χ0v) is 11.6. The Balaban J connectivity index is 2.19. The van der Waals surface area contributed by atoms with Gasteiger partial charge in [0, 0.05) is 12.7 Å². The number of rotatable bonds is 2. The summed E-state index contributed by atoms with van der Waals surface area (Å²) in [5.41, 5.74) is -0.916. The van der Waals surface area contributed by atoms with Crippen LogP contribution in [-0.4, -0.2) is 39.6 Å². The number of alkyl halides is 3. The molecule has 1 aliphatic heterocycles. The number of hydrogen-bond donors (Lipinski definition) is 1. The number of aliphatic hydroxyl groups is 1. The number of amides is 1. The predicted molar refractivity (Wildman–Crippen MR) is 69.6 cm³/mol. The monoisotopic (exact) mass is 302 g/mol. The predicted octanol–water partition coefficient (Wildman–Crippen LogP) is 2.48. The first-order valence-corrected chi connectivity index (χ1v) is 6.83. The van der Waals surface area contributed by atoms with Crippen molar-refractivity contribution >= 4 is 5.91 Å². The van der Waals surface area contributed by atoms with Gasteiger partial charge in [0.2, 0.25) is 0 Å². The molecule has 1 N–H and O–H groups in total. The van der Waals surface area contributed by atoms with Gasteiger partial charge in [-0.2, -0.15) is 13.2 Å². The Hall–Kier alpha value is -1.63. The van der Waals surface area contributed by atoms with Gasteiger partial charge in [-0.1, -0.05) is 0 Å². The molecule has 2 atom stereocenters. The highest BCUT2D eigenvalue weighted by molar-refractivity contribution is 5.94. The smallest absolute Gasteiger partial charge is 0.391 e. The van der Waals surface area contributed by atoms with E-state index in [2.05, 4.69) is 4.98 Å². The summed E-state index contributed by atoms with van der Waals surface area (Å²) in [5, 5.41) is 9.74. The Morgan fingerprint density at radius 3 is 2.67 bits per heavy atom. The van der Waals surface area contributed by atoms with E-state index < -0.39 is 18.0 Å². The second-order valence-electron chi connectivity index (χ2n) is 5.23. The number of carbonyl (C=O) groups excluding carboxylic acids is 1. The second kappa shape index (κ2) is 6.01. The number of halogens is 3. The number of nitrogens with zero attached hydrogens (tertiary/aromatic N) is 2. The summed E-state index contributed by atoms with van der Waals surface area (Å²) in [4.78, 5) is 17.2. The standard InChI is InChI=1S/C14H17F3N2O2/c1-9(20)11-4-2-3-7-19(11)13(21)10-5-6-12(18-8-10)14(15,16)17/h5-6,8-9,11,20H,2-4,7H2,1H3. The normalized spacial score (nSPS) is 21.2. The fourth-order valence-electron chi connectivity index (χ4n) is 2.56. The molecule has 21 heavy (non-hydrogen) atoms. The van der Waals surface area contributed by atoms with Crippen molar-refractivity contribution in [1.29, 1.82) is 0 Å². The van der Waals surface area contributed by atoms with Crippen LogP contribution in [0.25, 0.3) is 0 Å². The van der Waals surface area contributed by atoms with Crippen molar-refractivity contribution in [1.82, 2.24) is 9.88 Å². The number of piperidine rings is 1. The first-order valence-electron chi connectivity index (χ1n) is 6.83. The average molecular weight is 302 g/mol. The number of pyridine rings is 1. The lowest BCUT2D eigenvalue weighted by molar-refractivity contribution is -0.141. The van der Waals surface area contributed by atoms with E-state index in [0.29, 0.717) is 13.0 Å². The Labute approximate surface area is 120 Å². The Kier molecular flexibility index (Phi) is 4.51. The van der Waals surface area contributed by atoms with Gasteiger partial charge >= 0.3 is 6.18 Å². The number of likely N-dealkylation sites (tertiary alicyclic amines) is 1. The lowest BCUT2D eigenvalue weighted by Gasteiger charge is -2.37. The van der Waals surface area contributed by atoms with Crippen LogP contribution in [0, 0.1) is 0 Å². The van der Waals surface area contributed by atoms with Gasteiger partial charge in [0.15, 0.2) is 0 Å². The Morgan fingerprint density at radius 2 is 2.14 bits per heavy atom. The Morgan fingerprint density at radius 1 is 1.43 bits per heavy atom. The van der Waals surface area contributed by atoms with Gasteiger partial charge in [-0.15, -0.1) is 0 Å². The molecule has 1 amide bonds. The van der Waals surface area contributed by atoms with Crippen LogP contribution in [-0.2, 0) is 6.18 Å². The van der Waals surface area contributed by atoms with Crippen LogP contribution in [0.1, 0.15) is 42.2 Å². The largest absolute Gasteiger partial charge is 0.433 e. The molecule has 2 unspecified atom stereocenters. The van der Waals surface area contributed by atoms with Crippen LogP contribution < -0.4 is 0 Å². The molecule has 4 nitrogen and oxygen atoms in total. The van der Waals surface area contributed by atoms with E-state index in [1.165, 1.54) is 4.90 Å². The molecule has 1 fully saturated rings. The first kappa shape index (κ1) is 15.8. The van der Waals surface area contributed by atoms with E-state index in [-0.39, 0.29) is 17.5 Å². The van der Waals surface area contributed by atoms with Gasteiger partial charge in [0.1, 0.15) is 5.69 Å². The molecule has 1 aliphatic rings. The quantitative estimate of drug-likeness (QED) is 0.913. The molecule has 2 rings (SSSR count). The molecule has 1 aromatic rings. The molecule has 2 heterocycles. The molecule has 0 spiro atoms. The molecule has 7 heteroatoms. The summed E-state index contributed by atoms with van der Waals surface area (Å²) in [7, 11) is 0.